The topological polar surface area (TPSA) is 29.5 Å². The summed E-state index contributed by atoms with van der Waals surface area (Å²) in [6.07, 6.45) is 3.79. The summed E-state index contributed by atoms with van der Waals surface area (Å²) in [5, 5.41) is 0. The first kappa shape index (κ1) is 11.1. The molecule has 3 heteroatoms. The second kappa shape index (κ2) is 4.22. The number of hydrogen-bond acceptors (Lipinski definition) is 3. The van der Waals surface area contributed by atoms with Gasteiger partial charge in [0.15, 0.2) is 0 Å². The molecule has 0 bridgehead atoms. The highest BCUT2D eigenvalue weighted by atomic mass is 16.5. The Kier molecular flexibility index (Phi) is 3.12. The number of morpholine rings is 1. The lowest BCUT2D eigenvalue weighted by atomic mass is 9.89. The average molecular weight is 211 g/mol. The van der Waals surface area contributed by atoms with Crippen molar-refractivity contribution in [1.82, 2.24) is 4.90 Å². The quantitative estimate of drug-likeness (QED) is 0.660. The van der Waals surface area contributed by atoms with Gasteiger partial charge in [0.05, 0.1) is 13.2 Å². The molecular formula is C12H21NO2. The first-order valence-corrected chi connectivity index (χ1v) is 5.96. The van der Waals surface area contributed by atoms with Crippen LogP contribution in [0.5, 0.6) is 0 Å². The van der Waals surface area contributed by atoms with Crippen LogP contribution in [0.4, 0.5) is 0 Å². The molecule has 3 nitrogen and oxygen atoms in total. The molecule has 1 aliphatic carbocycles. The number of nitrogens with zero attached hydrogens (tertiary/aromatic N) is 1. The van der Waals surface area contributed by atoms with Crippen molar-refractivity contribution in [1.29, 1.82) is 0 Å². The van der Waals surface area contributed by atoms with Gasteiger partial charge in [0.2, 0.25) is 0 Å². The second-order valence-corrected chi connectivity index (χ2v) is 5.35. The third-order valence-corrected chi connectivity index (χ3v) is 3.61. The van der Waals surface area contributed by atoms with E-state index in [0.29, 0.717) is 11.8 Å². The van der Waals surface area contributed by atoms with Gasteiger partial charge in [-0.3, -0.25) is 9.69 Å². The number of Topliss-reactive ketones (excluding diaryl/α,β-unsaturated/α-hetero) is 1. The first-order chi connectivity index (χ1) is 7.09. The van der Waals surface area contributed by atoms with Crippen LogP contribution in [0.25, 0.3) is 0 Å². The largest absolute Gasteiger partial charge is 0.378 e. The Labute approximate surface area is 91.8 Å². The summed E-state index contributed by atoms with van der Waals surface area (Å²) < 4.78 is 5.51. The van der Waals surface area contributed by atoms with Gasteiger partial charge >= 0.3 is 0 Å². The minimum atomic E-state index is 0.0978. The molecule has 0 N–H and O–H groups in total. The maximum absolute atomic E-state index is 11.5. The van der Waals surface area contributed by atoms with Crippen LogP contribution in [0.2, 0.25) is 0 Å². The predicted octanol–water partition coefficient (Wildman–Crippen LogP) is 1.61. The fourth-order valence-electron chi connectivity index (χ4n) is 2.82. The fourth-order valence-corrected chi connectivity index (χ4v) is 2.82. The molecule has 1 heterocycles. The molecule has 1 aliphatic heterocycles. The van der Waals surface area contributed by atoms with Crippen molar-refractivity contribution in [3.8, 4) is 0 Å². The number of ketones is 1. The lowest BCUT2D eigenvalue weighted by Crippen LogP contribution is -2.58. The zero-order chi connectivity index (χ0) is 10.9. The van der Waals surface area contributed by atoms with Crippen LogP contribution >= 0.6 is 0 Å². The van der Waals surface area contributed by atoms with Crippen LogP contribution in [-0.2, 0) is 9.53 Å². The maximum Gasteiger partial charge on any atom is 0.134 e. The summed E-state index contributed by atoms with van der Waals surface area (Å²) in [7, 11) is 0. The highest BCUT2D eigenvalue weighted by molar-refractivity contribution is 5.79. The number of carbonyl (C=O) groups excluding carboxylic acids is 1. The van der Waals surface area contributed by atoms with Crippen LogP contribution in [0.3, 0.4) is 0 Å². The van der Waals surface area contributed by atoms with E-state index in [1.54, 1.807) is 0 Å². The lowest BCUT2D eigenvalue weighted by Gasteiger charge is -2.47. The monoisotopic (exact) mass is 211 g/mol. The van der Waals surface area contributed by atoms with Gasteiger partial charge in [-0.05, 0) is 26.7 Å². The minimum absolute atomic E-state index is 0.0978. The van der Waals surface area contributed by atoms with E-state index >= 15 is 0 Å². The van der Waals surface area contributed by atoms with Crippen molar-refractivity contribution in [2.45, 2.75) is 51.1 Å². The molecule has 1 saturated heterocycles. The summed E-state index contributed by atoms with van der Waals surface area (Å²) in [4.78, 5) is 13.9. The van der Waals surface area contributed by atoms with Crippen molar-refractivity contribution in [3.63, 3.8) is 0 Å². The fraction of sp³-hybridized carbons (Fsp3) is 0.917. The van der Waals surface area contributed by atoms with Crippen LogP contribution in [-0.4, -0.2) is 42.0 Å². The Morgan fingerprint density at radius 3 is 2.93 bits per heavy atom. The molecule has 0 amide bonds. The van der Waals surface area contributed by atoms with Crippen LogP contribution in [0, 0.1) is 0 Å². The summed E-state index contributed by atoms with van der Waals surface area (Å²) in [5.41, 5.74) is 0.0978. The van der Waals surface area contributed by atoms with Gasteiger partial charge in [-0.1, -0.05) is 0 Å². The zero-order valence-electron chi connectivity index (χ0n) is 9.79. The van der Waals surface area contributed by atoms with Gasteiger partial charge in [-0.15, -0.1) is 0 Å². The van der Waals surface area contributed by atoms with E-state index in [1.807, 2.05) is 0 Å². The highest BCUT2D eigenvalue weighted by Gasteiger charge is 2.37. The molecule has 2 aliphatic rings. The normalized spacial score (nSPS) is 32.9. The summed E-state index contributed by atoms with van der Waals surface area (Å²) >= 11 is 0. The van der Waals surface area contributed by atoms with Crippen molar-refractivity contribution in [2.75, 3.05) is 19.8 Å². The van der Waals surface area contributed by atoms with E-state index in [9.17, 15) is 4.79 Å². The minimum Gasteiger partial charge on any atom is -0.378 e. The molecule has 0 aromatic carbocycles. The Hall–Kier alpha value is -0.410. The third-order valence-electron chi connectivity index (χ3n) is 3.61. The molecule has 2 fully saturated rings. The number of hydrogen-bond donors (Lipinski definition) is 0. The van der Waals surface area contributed by atoms with Crippen molar-refractivity contribution < 1.29 is 9.53 Å². The van der Waals surface area contributed by atoms with E-state index in [1.165, 1.54) is 6.42 Å². The van der Waals surface area contributed by atoms with Gasteiger partial charge in [0.25, 0.3) is 0 Å². The molecule has 1 unspecified atom stereocenters. The lowest BCUT2D eigenvalue weighted by molar-refractivity contribution is -0.126. The van der Waals surface area contributed by atoms with Crippen LogP contribution in [0.15, 0.2) is 0 Å². The van der Waals surface area contributed by atoms with E-state index in [-0.39, 0.29) is 5.54 Å². The summed E-state index contributed by atoms with van der Waals surface area (Å²) in [5.74, 6) is 0.438. The summed E-state index contributed by atoms with van der Waals surface area (Å²) in [6.45, 7) is 7.01. The number of ether oxygens (including phenoxy) is 1. The number of rotatable bonds is 1. The molecule has 1 atom stereocenters. The van der Waals surface area contributed by atoms with Gasteiger partial charge in [0.1, 0.15) is 5.78 Å². The van der Waals surface area contributed by atoms with E-state index in [0.717, 1.165) is 39.0 Å². The Balaban J connectivity index is 2.04. The molecule has 0 spiro atoms. The van der Waals surface area contributed by atoms with Gasteiger partial charge in [-0.25, -0.2) is 0 Å². The van der Waals surface area contributed by atoms with Crippen molar-refractivity contribution in [3.05, 3.63) is 0 Å². The molecule has 2 rings (SSSR count). The highest BCUT2D eigenvalue weighted by Crippen LogP contribution is 2.28. The smallest absolute Gasteiger partial charge is 0.134 e. The van der Waals surface area contributed by atoms with E-state index in [2.05, 4.69) is 18.7 Å². The summed E-state index contributed by atoms with van der Waals surface area (Å²) in [6, 6.07) is 0.463. The van der Waals surface area contributed by atoms with Crippen molar-refractivity contribution >= 4 is 5.78 Å². The van der Waals surface area contributed by atoms with Crippen LogP contribution < -0.4 is 0 Å². The molecule has 15 heavy (non-hydrogen) atoms. The van der Waals surface area contributed by atoms with Crippen LogP contribution in [0.1, 0.15) is 39.5 Å². The Bertz CT molecular complexity index is 250. The molecule has 0 aromatic heterocycles. The maximum atomic E-state index is 11.5. The SMILES string of the molecule is CC1(C)COCCN1C1CCCC(=O)C1. The predicted molar refractivity (Wildman–Crippen MR) is 58.9 cm³/mol. The molecule has 0 aromatic rings. The third kappa shape index (κ3) is 2.40. The molecular weight excluding hydrogens is 190 g/mol. The van der Waals surface area contributed by atoms with Gasteiger partial charge < -0.3 is 4.74 Å². The second-order valence-electron chi connectivity index (χ2n) is 5.35. The standard InChI is InChI=1S/C12H21NO2/c1-12(2)9-15-7-6-13(12)10-4-3-5-11(14)8-10/h10H,3-9H2,1-2H3. The van der Waals surface area contributed by atoms with E-state index in [4.69, 9.17) is 4.74 Å². The zero-order valence-corrected chi connectivity index (χ0v) is 9.79. The van der Waals surface area contributed by atoms with Gasteiger partial charge in [-0.2, -0.15) is 0 Å². The number of carbonyl (C=O) groups is 1. The molecule has 86 valence electrons. The first-order valence-electron chi connectivity index (χ1n) is 5.96. The van der Waals surface area contributed by atoms with Crippen molar-refractivity contribution in [2.24, 2.45) is 0 Å². The van der Waals surface area contributed by atoms with E-state index < -0.39 is 0 Å². The average Bonchev–Trinajstić information content (AvgIpc) is 2.17. The molecule has 1 saturated carbocycles. The Morgan fingerprint density at radius 2 is 2.27 bits per heavy atom. The van der Waals surface area contributed by atoms with Gasteiger partial charge in [0, 0.05) is 31.0 Å². The Morgan fingerprint density at radius 1 is 1.47 bits per heavy atom. The molecule has 0 radical (unpaired) electrons.